The van der Waals surface area contributed by atoms with E-state index in [0.717, 1.165) is 38.2 Å². The van der Waals surface area contributed by atoms with E-state index in [9.17, 15) is 0 Å². The van der Waals surface area contributed by atoms with Gasteiger partial charge in [-0.2, -0.15) is 0 Å². The minimum atomic E-state index is 0.134. The first kappa shape index (κ1) is 13.0. The van der Waals surface area contributed by atoms with Crippen LogP contribution in [0.15, 0.2) is 6.20 Å². The third-order valence-corrected chi connectivity index (χ3v) is 4.06. The van der Waals surface area contributed by atoms with Gasteiger partial charge in [0, 0.05) is 30.1 Å². The average Bonchev–Trinajstić information content (AvgIpc) is 2.98. The minimum Gasteiger partial charge on any atom is -0.370 e. The molecule has 19 heavy (non-hydrogen) atoms. The van der Waals surface area contributed by atoms with Crippen LogP contribution in [-0.4, -0.2) is 23.1 Å². The van der Waals surface area contributed by atoms with Crippen molar-refractivity contribution in [3.05, 3.63) is 23.3 Å². The summed E-state index contributed by atoms with van der Waals surface area (Å²) in [4.78, 5) is 9.33. The van der Waals surface area contributed by atoms with Gasteiger partial charge in [0.15, 0.2) is 5.82 Å². The van der Waals surface area contributed by atoms with Crippen LogP contribution in [0.2, 0.25) is 0 Å². The van der Waals surface area contributed by atoms with E-state index in [2.05, 4.69) is 17.2 Å². The third-order valence-electron chi connectivity index (χ3n) is 4.06. The smallest absolute Gasteiger partial charge is 0.157 e. The number of fused-ring (bicyclic) bond motifs is 1. The normalized spacial score (nSPS) is 26.4. The Labute approximate surface area is 115 Å². The molecule has 2 atom stereocenters. The molecule has 1 N–H and O–H groups in total. The van der Waals surface area contributed by atoms with Crippen LogP contribution in [0, 0.1) is 0 Å². The predicted molar refractivity (Wildman–Crippen MR) is 73.9 cm³/mol. The Morgan fingerprint density at radius 2 is 2.32 bits per heavy atom. The lowest BCUT2D eigenvalue weighted by atomic mass is 9.92. The molecule has 2 aliphatic rings. The largest absolute Gasteiger partial charge is 0.370 e. The molecule has 1 fully saturated rings. The summed E-state index contributed by atoms with van der Waals surface area (Å²) in [6.07, 6.45) is 9.04. The number of hydrogen-bond acceptors (Lipinski definition) is 4. The molecule has 0 amide bonds. The molecule has 0 aromatic carbocycles. The fraction of sp³-hybridized carbons (Fsp3) is 0.733. The van der Waals surface area contributed by atoms with Gasteiger partial charge in [0.2, 0.25) is 0 Å². The topological polar surface area (TPSA) is 47.0 Å². The van der Waals surface area contributed by atoms with E-state index in [0.29, 0.717) is 6.04 Å². The Morgan fingerprint density at radius 1 is 1.37 bits per heavy atom. The van der Waals surface area contributed by atoms with Crippen LogP contribution in [0.4, 0.5) is 0 Å². The van der Waals surface area contributed by atoms with Gasteiger partial charge in [0.05, 0.1) is 0 Å². The molecular formula is C15H23N3O. The summed E-state index contributed by atoms with van der Waals surface area (Å²) < 4.78 is 5.68. The van der Waals surface area contributed by atoms with Gasteiger partial charge in [0.1, 0.15) is 6.10 Å². The molecule has 2 unspecified atom stereocenters. The zero-order chi connectivity index (χ0) is 13.1. The summed E-state index contributed by atoms with van der Waals surface area (Å²) in [6, 6.07) is 0.447. The van der Waals surface area contributed by atoms with Crippen LogP contribution in [0.3, 0.4) is 0 Å². The van der Waals surface area contributed by atoms with Gasteiger partial charge in [-0.1, -0.05) is 6.92 Å². The van der Waals surface area contributed by atoms with Crippen molar-refractivity contribution in [2.75, 3.05) is 13.2 Å². The predicted octanol–water partition coefficient (Wildman–Crippen LogP) is 2.71. The molecule has 0 bridgehead atoms. The quantitative estimate of drug-likeness (QED) is 0.905. The van der Waals surface area contributed by atoms with E-state index in [4.69, 9.17) is 9.72 Å². The lowest BCUT2D eigenvalue weighted by Crippen LogP contribution is -2.27. The molecule has 4 heteroatoms. The summed E-state index contributed by atoms with van der Waals surface area (Å²) in [6.45, 7) is 4.12. The van der Waals surface area contributed by atoms with E-state index in [1.807, 2.05) is 6.20 Å². The molecule has 1 aromatic rings. The van der Waals surface area contributed by atoms with Crippen molar-refractivity contribution in [1.29, 1.82) is 0 Å². The highest BCUT2D eigenvalue weighted by Gasteiger charge is 2.25. The molecule has 1 aromatic heterocycles. The van der Waals surface area contributed by atoms with Crippen molar-refractivity contribution in [2.45, 2.75) is 57.6 Å². The van der Waals surface area contributed by atoms with Crippen LogP contribution in [0.1, 0.15) is 68.3 Å². The summed E-state index contributed by atoms with van der Waals surface area (Å²) in [5.41, 5.74) is 2.54. The molecule has 1 aliphatic heterocycles. The highest BCUT2D eigenvalue weighted by molar-refractivity contribution is 5.25. The molecule has 1 aliphatic carbocycles. The molecule has 3 rings (SSSR count). The maximum Gasteiger partial charge on any atom is 0.157 e. The lowest BCUT2D eigenvalue weighted by molar-refractivity contribution is 0.104. The number of rotatable bonds is 4. The zero-order valence-corrected chi connectivity index (χ0v) is 11.7. The molecule has 2 heterocycles. The Kier molecular flexibility index (Phi) is 4.09. The number of aromatic nitrogens is 2. The number of hydrogen-bond donors (Lipinski definition) is 1. The van der Waals surface area contributed by atoms with Crippen molar-refractivity contribution in [3.63, 3.8) is 0 Å². The fourth-order valence-electron chi connectivity index (χ4n) is 3.03. The molecule has 0 radical (unpaired) electrons. The Balaban J connectivity index is 1.79. The second kappa shape index (κ2) is 5.97. The first-order chi connectivity index (χ1) is 9.38. The van der Waals surface area contributed by atoms with E-state index >= 15 is 0 Å². The van der Waals surface area contributed by atoms with Gasteiger partial charge < -0.3 is 10.1 Å². The van der Waals surface area contributed by atoms with Crippen molar-refractivity contribution in [1.82, 2.24) is 15.3 Å². The Hall–Kier alpha value is -1.00. The summed E-state index contributed by atoms with van der Waals surface area (Å²) in [5, 5.41) is 3.61. The zero-order valence-electron chi connectivity index (χ0n) is 11.7. The Bertz CT molecular complexity index is 429. The summed E-state index contributed by atoms with van der Waals surface area (Å²) in [7, 11) is 0. The third kappa shape index (κ3) is 2.79. The first-order valence-corrected chi connectivity index (χ1v) is 7.59. The van der Waals surface area contributed by atoms with Crippen molar-refractivity contribution in [3.8, 4) is 0 Å². The second-order valence-corrected chi connectivity index (χ2v) is 5.53. The number of nitrogens with zero attached hydrogens (tertiary/aromatic N) is 2. The highest BCUT2D eigenvalue weighted by atomic mass is 16.5. The van der Waals surface area contributed by atoms with Gasteiger partial charge in [-0.15, -0.1) is 0 Å². The second-order valence-electron chi connectivity index (χ2n) is 5.53. The van der Waals surface area contributed by atoms with Crippen LogP contribution in [0.5, 0.6) is 0 Å². The number of nitrogens with one attached hydrogen (secondary N) is 1. The maximum atomic E-state index is 5.68. The van der Waals surface area contributed by atoms with Crippen LogP contribution < -0.4 is 5.32 Å². The van der Waals surface area contributed by atoms with Gasteiger partial charge >= 0.3 is 0 Å². The van der Waals surface area contributed by atoms with E-state index in [1.165, 1.54) is 30.5 Å². The molecule has 0 saturated carbocycles. The molecular weight excluding hydrogens is 238 g/mol. The van der Waals surface area contributed by atoms with Crippen LogP contribution in [0.25, 0.3) is 0 Å². The highest BCUT2D eigenvalue weighted by Crippen LogP contribution is 2.31. The van der Waals surface area contributed by atoms with Crippen molar-refractivity contribution >= 4 is 0 Å². The van der Waals surface area contributed by atoms with Gasteiger partial charge in [-0.05, 0) is 45.1 Å². The SMILES string of the molecule is CCCNC1CCCc2nc(C3CCCO3)ncc21. The summed E-state index contributed by atoms with van der Waals surface area (Å²) in [5.74, 6) is 0.896. The van der Waals surface area contributed by atoms with Gasteiger partial charge in [0.25, 0.3) is 0 Å². The molecule has 104 valence electrons. The monoisotopic (exact) mass is 261 g/mol. The van der Waals surface area contributed by atoms with E-state index < -0.39 is 0 Å². The number of ether oxygens (including phenoxy) is 1. The molecule has 0 spiro atoms. The molecule has 1 saturated heterocycles. The minimum absolute atomic E-state index is 0.134. The average molecular weight is 261 g/mol. The summed E-state index contributed by atoms with van der Waals surface area (Å²) >= 11 is 0. The standard InChI is InChI=1S/C15H23N3O/c1-2-8-16-12-5-3-6-13-11(12)10-17-15(18-13)14-7-4-9-19-14/h10,12,14,16H,2-9H2,1H3. The van der Waals surface area contributed by atoms with Crippen molar-refractivity contribution < 1.29 is 4.74 Å². The van der Waals surface area contributed by atoms with E-state index in [1.54, 1.807) is 0 Å². The fourth-order valence-corrected chi connectivity index (χ4v) is 3.03. The Morgan fingerprint density at radius 3 is 3.11 bits per heavy atom. The lowest BCUT2D eigenvalue weighted by Gasteiger charge is -2.26. The first-order valence-electron chi connectivity index (χ1n) is 7.59. The van der Waals surface area contributed by atoms with Crippen LogP contribution in [-0.2, 0) is 11.2 Å². The maximum absolute atomic E-state index is 5.68. The van der Waals surface area contributed by atoms with E-state index in [-0.39, 0.29) is 6.10 Å². The number of aryl methyl sites for hydroxylation is 1. The van der Waals surface area contributed by atoms with Gasteiger partial charge in [-0.3, -0.25) is 0 Å². The van der Waals surface area contributed by atoms with Crippen molar-refractivity contribution in [2.24, 2.45) is 0 Å². The molecule has 4 nitrogen and oxygen atoms in total. The van der Waals surface area contributed by atoms with Crippen LogP contribution >= 0.6 is 0 Å². The van der Waals surface area contributed by atoms with Gasteiger partial charge in [-0.25, -0.2) is 9.97 Å².